The van der Waals surface area contributed by atoms with Gasteiger partial charge in [0.05, 0.1) is 12.2 Å². The highest BCUT2D eigenvalue weighted by Gasteiger charge is 2.23. The van der Waals surface area contributed by atoms with E-state index in [9.17, 15) is 10.2 Å². The molecule has 0 saturated carbocycles. The molecule has 0 fully saturated rings. The summed E-state index contributed by atoms with van der Waals surface area (Å²) in [5.74, 6) is 1.50. The fraction of sp³-hybridized carbons (Fsp3) is 0.429. The van der Waals surface area contributed by atoms with Gasteiger partial charge in [-0.15, -0.1) is 0 Å². The minimum Gasteiger partial charge on any atom is -0.491 e. The van der Waals surface area contributed by atoms with Crippen LogP contribution in [0.3, 0.4) is 0 Å². The maximum absolute atomic E-state index is 9.29. The Balaban J connectivity index is 2.09. The fourth-order valence-electron chi connectivity index (χ4n) is 2.54. The lowest BCUT2D eigenvalue weighted by Gasteiger charge is -2.26. The van der Waals surface area contributed by atoms with Crippen molar-refractivity contribution in [3.05, 3.63) is 59.7 Å². The molecule has 0 aliphatic rings. The molecule has 0 aliphatic heterocycles. The molecule has 0 amide bonds. The molecule has 4 nitrogen and oxygen atoms in total. The minimum absolute atomic E-state index is 0.161. The van der Waals surface area contributed by atoms with E-state index in [1.165, 1.54) is 11.1 Å². The van der Waals surface area contributed by atoms with E-state index in [0.717, 1.165) is 11.5 Å². The normalized spacial score (nSPS) is 14.0. The van der Waals surface area contributed by atoms with Gasteiger partial charge >= 0.3 is 0 Å². The smallest absolute Gasteiger partial charge is 0.119 e. The molecule has 2 aromatic carbocycles. The Kier molecular flexibility index (Phi) is 6.45. The summed E-state index contributed by atoms with van der Waals surface area (Å²) in [5, 5.41) is 18.6. The molecule has 2 N–H and O–H groups in total. The molecule has 136 valence electrons. The SMILES string of the molecule is C[C@H](O)COc1ccc(C(C)(C)c2ccc(OC[C@H](C)O)cc2)cc1. The first kappa shape index (κ1) is 19.3. The van der Waals surface area contributed by atoms with Crippen LogP contribution in [0.4, 0.5) is 0 Å². The van der Waals surface area contributed by atoms with Crippen LogP contribution in [0.25, 0.3) is 0 Å². The average molecular weight is 344 g/mol. The Labute approximate surface area is 150 Å². The number of benzene rings is 2. The van der Waals surface area contributed by atoms with E-state index in [0.29, 0.717) is 0 Å². The Morgan fingerprint density at radius 2 is 1.04 bits per heavy atom. The monoisotopic (exact) mass is 344 g/mol. The summed E-state index contributed by atoms with van der Waals surface area (Å²) in [4.78, 5) is 0. The van der Waals surface area contributed by atoms with E-state index < -0.39 is 12.2 Å². The van der Waals surface area contributed by atoms with E-state index in [-0.39, 0.29) is 18.6 Å². The van der Waals surface area contributed by atoms with Crippen LogP contribution in [-0.2, 0) is 5.41 Å². The number of aliphatic hydroxyl groups is 2. The molecule has 0 unspecified atom stereocenters. The third kappa shape index (κ3) is 5.48. The van der Waals surface area contributed by atoms with Crippen molar-refractivity contribution in [3.63, 3.8) is 0 Å². The van der Waals surface area contributed by atoms with Crippen LogP contribution >= 0.6 is 0 Å². The molecular formula is C21H28O4. The summed E-state index contributed by atoms with van der Waals surface area (Å²) in [7, 11) is 0. The van der Waals surface area contributed by atoms with Crippen molar-refractivity contribution in [2.45, 2.75) is 45.3 Å². The van der Waals surface area contributed by atoms with Crippen molar-refractivity contribution in [2.24, 2.45) is 0 Å². The number of hydrogen-bond donors (Lipinski definition) is 2. The van der Waals surface area contributed by atoms with Crippen LogP contribution < -0.4 is 9.47 Å². The molecule has 2 atom stereocenters. The lowest BCUT2D eigenvalue weighted by molar-refractivity contribution is 0.122. The first-order valence-electron chi connectivity index (χ1n) is 8.62. The number of aliphatic hydroxyl groups excluding tert-OH is 2. The number of ether oxygens (including phenoxy) is 2. The van der Waals surface area contributed by atoms with Crippen molar-refractivity contribution in [1.82, 2.24) is 0 Å². The zero-order valence-corrected chi connectivity index (χ0v) is 15.4. The molecule has 0 saturated heterocycles. The third-order valence-corrected chi connectivity index (χ3v) is 4.13. The minimum atomic E-state index is -0.481. The predicted octanol–water partition coefficient (Wildman–Crippen LogP) is 3.53. The van der Waals surface area contributed by atoms with Gasteiger partial charge in [-0.1, -0.05) is 38.1 Å². The third-order valence-electron chi connectivity index (χ3n) is 4.13. The van der Waals surface area contributed by atoms with Crippen molar-refractivity contribution >= 4 is 0 Å². The van der Waals surface area contributed by atoms with E-state index in [1.807, 2.05) is 24.3 Å². The number of hydrogen-bond acceptors (Lipinski definition) is 4. The highest BCUT2D eigenvalue weighted by atomic mass is 16.5. The van der Waals surface area contributed by atoms with E-state index >= 15 is 0 Å². The van der Waals surface area contributed by atoms with Gasteiger partial charge in [0.2, 0.25) is 0 Å². The maximum atomic E-state index is 9.29. The van der Waals surface area contributed by atoms with E-state index in [1.54, 1.807) is 13.8 Å². The quantitative estimate of drug-likeness (QED) is 0.769. The van der Waals surface area contributed by atoms with Gasteiger partial charge in [-0.2, -0.15) is 0 Å². The summed E-state index contributed by atoms with van der Waals surface area (Å²) in [5.41, 5.74) is 2.19. The first-order chi connectivity index (χ1) is 11.8. The van der Waals surface area contributed by atoms with Crippen LogP contribution in [-0.4, -0.2) is 35.6 Å². The highest BCUT2D eigenvalue weighted by molar-refractivity contribution is 5.41. The van der Waals surface area contributed by atoms with Gasteiger partial charge in [-0.05, 0) is 49.2 Å². The van der Waals surface area contributed by atoms with Crippen LogP contribution in [0.5, 0.6) is 11.5 Å². The van der Waals surface area contributed by atoms with Gasteiger partial charge in [-0.25, -0.2) is 0 Å². The molecule has 0 heterocycles. The Morgan fingerprint density at radius 1 is 0.720 bits per heavy atom. The highest BCUT2D eigenvalue weighted by Crippen LogP contribution is 2.33. The van der Waals surface area contributed by atoms with Crippen molar-refractivity contribution in [2.75, 3.05) is 13.2 Å². The zero-order chi connectivity index (χ0) is 18.4. The Morgan fingerprint density at radius 3 is 1.32 bits per heavy atom. The van der Waals surface area contributed by atoms with Crippen molar-refractivity contribution < 1.29 is 19.7 Å². The molecule has 0 bridgehead atoms. The van der Waals surface area contributed by atoms with Crippen LogP contribution in [0, 0.1) is 0 Å². The summed E-state index contributed by atoms with van der Waals surface area (Å²) in [6, 6.07) is 15.9. The maximum Gasteiger partial charge on any atom is 0.119 e. The molecule has 25 heavy (non-hydrogen) atoms. The molecule has 0 spiro atoms. The summed E-state index contributed by atoms with van der Waals surface area (Å²) >= 11 is 0. The molecular weight excluding hydrogens is 316 g/mol. The lowest BCUT2D eigenvalue weighted by Crippen LogP contribution is -2.19. The number of rotatable bonds is 8. The summed E-state index contributed by atoms with van der Waals surface area (Å²) in [6.07, 6.45) is -0.962. The molecule has 0 aliphatic carbocycles. The van der Waals surface area contributed by atoms with Crippen molar-refractivity contribution in [3.8, 4) is 11.5 Å². The van der Waals surface area contributed by atoms with Crippen LogP contribution in [0.15, 0.2) is 48.5 Å². The van der Waals surface area contributed by atoms with E-state index in [4.69, 9.17) is 9.47 Å². The Bertz CT molecular complexity index is 585. The van der Waals surface area contributed by atoms with Crippen LogP contribution in [0.2, 0.25) is 0 Å². The largest absolute Gasteiger partial charge is 0.491 e. The standard InChI is InChI=1S/C21H28O4/c1-15(22)13-24-19-9-5-17(6-10-19)21(3,4)18-7-11-20(12-8-18)25-14-16(2)23/h5-12,15-16,22-23H,13-14H2,1-4H3/t15-,16-/m0/s1. The molecule has 0 aromatic heterocycles. The zero-order valence-electron chi connectivity index (χ0n) is 15.4. The second-order valence-electron chi connectivity index (χ2n) is 6.99. The Hall–Kier alpha value is -2.04. The van der Waals surface area contributed by atoms with Gasteiger partial charge < -0.3 is 19.7 Å². The second-order valence-corrected chi connectivity index (χ2v) is 6.99. The molecule has 2 rings (SSSR count). The predicted molar refractivity (Wildman–Crippen MR) is 99.4 cm³/mol. The summed E-state index contributed by atoms with van der Waals surface area (Å²) in [6.45, 7) is 8.32. The van der Waals surface area contributed by atoms with Gasteiger partial charge in [0.25, 0.3) is 0 Å². The van der Waals surface area contributed by atoms with Crippen LogP contribution in [0.1, 0.15) is 38.8 Å². The fourth-order valence-corrected chi connectivity index (χ4v) is 2.54. The molecule has 2 aromatic rings. The second kappa shape index (κ2) is 8.37. The van der Waals surface area contributed by atoms with Crippen molar-refractivity contribution in [1.29, 1.82) is 0 Å². The lowest BCUT2D eigenvalue weighted by atomic mass is 9.78. The molecule has 0 radical (unpaired) electrons. The van der Waals surface area contributed by atoms with Gasteiger partial charge in [0, 0.05) is 5.41 Å². The van der Waals surface area contributed by atoms with E-state index in [2.05, 4.69) is 38.1 Å². The van der Waals surface area contributed by atoms with Gasteiger partial charge in [0.1, 0.15) is 24.7 Å². The van der Waals surface area contributed by atoms with Gasteiger partial charge in [-0.3, -0.25) is 0 Å². The topological polar surface area (TPSA) is 58.9 Å². The summed E-state index contributed by atoms with van der Waals surface area (Å²) < 4.78 is 11.0. The first-order valence-corrected chi connectivity index (χ1v) is 8.62. The molecule has 4 heteroatoms. The van der Waals surface area contributed by atoms with Gasteiger partial charge in [0.15, 0.2) is 0 Å². The average Bonchev–Trinajstić information content (AvgIpc) is 2.59.